The number of anilines is 1. The van der Waals surface area contributed by atoms with E-state index >= 15 is 0 Å². The van der Waals surface area contributed by atoms with Gasteiger partial charge in [0.05, 0.1) is 13.2 Å². The van der Waals surface area contributed by atoms with Gasteiger partial charge in [0.1, 0.15) is 0 Å². The molecule has 26 heavy (non-hydrogen) atoms. The van der Waals surface area contributed by atoms with E-state index in [1.54, 1.807) is 4.90 Å². The largest absolute Gasteiger partial charge is 0.378 e. The van der Waals surface area contributed by atoms with Gasteiger partial charge in [-0.05, 0) is 35.7 Å². The van der Waals surface area contributed by atoms with E-state index in [1.807, 2.05) is 31.3 Å². The predicted molar refractivity (Wildman–Crippen MR) is 106 cm³/mol. The Morgan fingerprint density at radius 1 is 1.12 bits per heavy atom. The van der Waals surface area contributed by atoms with Gasteiger partial charge >= 0.3 is 0 Å². The van der Waals surface area contributed by atoms with Crippen LogP contribution in [-0.4, -0.2) is 44.2 Å². The van der Waals surface area contributed by atoms with Crippen molar-refractivity contribution in [3.63, 3.8) is 0 Å². The molecule has 0 N–H and O–H groups in total. The summed E-state index contributed by atoms with van der Waals surface area (Å²) in [6.07, 6.45) is 1.13. The van der Waals surface area contributed by atoms with Gasteiger partial charge < -0.3 is 14.5 Å². The van der Waals surface area contributed by atoms with Gasteiger partial charge in [0.15, 0.2) is 0 Å². The average Bonchev–Trinajstić information content (AvgIpc) is 2.68. The molecule has 0 aromatic heterocycles. The van der Waals surface area contributed by atoms with Gasteiger partial charge in [-0.2, -0.15) is 0 Å². The number of morpholine rings is 1. The molecule has 0 saturated carbocycles. The first kappa shape index (κ1) is 18.7. The molecule has 2 aromatic rings. The van der Waals surface area contributed by atoms with Crippen molar-refractivity contribution in [2.45, 2.75) is 19.4 Å². The van der Waals surface area contributed by atoms with Crippen LogP contribution in [0.25, 0.3) is 0 Å². The zero-order valence-corrected chi connectivity index (χ0v) is 15.9. The van der Waals surface area contributed by atoms with Gasteiger partial charge in [0, 0.05) is 43.8 Å². The molecule has 0 atom stereocenters. The molecule has 3 rings (SSSR count). The van der Waals surface area contributed by atoms with Gasteiger partial charge in [-0.15, -0.1) is 0 Å². The Morgan fingerprint density at radius 2 is 1.81 bits per heavy atom. The fourth-order valence-corrected chi connectivity index (χ4v) is 3.36. The lowest BCUT2D eigenvalue weighted by Gasteiger charge is -2.29. The highest BCUT2D eigenvalue weighted by Crippen LogP contribution is 2.19. The number of amides is 1. The first-order chi connectivity index (χ1) is 12.6. The maximum absolute atomic E-state index is 12.4. The monoisotopic (exact) mass is 372 g/mol. The fourth-order valence-electron chi connectivity index (χ4n) is 3.13. The molecule has 138 valence electrons. The van der Waals surface area contributed by atoms with Crippen LogP contribution in [0.4, 0.5) is 5.69 Å². The molecule has 0 unspecified atom stereocenters. The fraction of sp³-hybridized carbons (Fsp3) is 0.381. The number of nitrogens with zero attached hydrogens (tertiary/aromatic N) is 2. The number of ether oxygens (including phenoxy) is 1. The van der Waals surface area contributed by atoms with Crippen molar-refractivity contribution in [3.8, 4) is 0 Å². The van der Waals surface area contributed by atoms with Crippen LogP contribution in [0.3, 0.4) is 0 Å². The number of aryl methyl sites for hydroxylation is 1. The molecule has 0 bridgehead atoms. The molecule has 1 fully saturated rings. The summed E-state index contributed by atoms with van der Waals surface area (Å²) in [6.45, 7) is 4.04. The molecule has 4 nitrogen and oxygen atoms in total. The van der Waals surface area contributed by atoms with Crippen molar-refractivity contribution in [2.75, 3.05) is 38.3 Å². The van der Waals surface area contributed by atoms with E-state index in [4.69, 9.17) is 16.3 Å². The lowest BCUT2D eigenvalue weighted by molar-refractivity contribution is -0.130. The summed E-state index contributed by atoms with van der Waals surface area (Å²) in [5, 5.41) is 0.724. The van der Waals surface area contributed by atoms with Crippen molar-refractivity contribution in [1.29, 1.82) is 0 Å². The molecule has 1 heterocycles. The summed E-state index contributed by atoms with van der Waals surface area (Å²) >= 11 is 6.16. The first-order valence-electron chi connectivity index (χ1n) is 9.02. The molecule has 1 aliphatic rings. The van der Waals surface area contributed by atoms with E-state index < -0.39 is 0 Å². The lowest BCUT2D eigenvalue weighted by Crippen LogP contribution is -2.36. The minimum Gasteiger partial charge on any atom is -0.378 e. The number of hydrogen-bond acceptors (Lipinski definition) is 3. The number of halogens is 1. The van der Waals surface area contributed by atoms with E-state index in [9.17, 15) is 4.79 Å². The highest BCUT2D eigenvalue weighted by atomic mass is 35.5. The van der Waals surface area contributed by atoms with Crippen molar-refractivity contribution in [3.05, 3.63) is 64.7 Å². The second kappa shape index (κ2) is 9.06. The Bertz CT molecular complexity index is 727. The highest BCUT2D eigenvalue weighted by molar-refractivity contribution is 6.31. The third kappa shape index (κ3) is 4.99. The smallest absolute Gasteiger partial charge is 0.222 e. The second-order valence-electron chi connectivity index (χ2n) is 6.61. The van der Waals surface area contributed by atoms with Crippen LogP contribution in [0.5, 0.6) is 0 Å². The van der Waals surface area contributed by atoms with Crippen LogP contribution in [-0.2, 0) is 22.5 Å². The Labute approximate surface area is 160 Å². The van der Waals surface area contributed by atoms with E-state index in [1.165, 1.54) is 5.69 Å². The maximum Gasteiger partial charge on any atom is 0.222 e. The summed E-state index contributed by atoms with van der Waals surface area (Å²) in [6, 6.07) is 16.1. The topological polar surface area (TPSA) is 32.8 Å². The van der Waals surface area contributed by atoms with Crippen LogP contribution in [0.2, 0.25) is 5.02 Å². The Hall–Kier alpha value is -2.04. The van der Waals surface area contributed by atoms with E-state index in [0.29, 0.717) is 19.4 Å². The SMILES string of the molecule is CN(Cc1ccc(N2CCOCC2)cc1)C(=O)CCc1ccccc1Cl. The standard InChI is InChI=1S/C21H25ClN2O2/c1-23(21(25)11-8-18-4-2-3-5-20(18)22)16-17-6-9-19(10-7-17)24-12-14-26-15-13-24/h2-7,9-10H,8,11-16H2,1H3. The summed E-state index contributed by atoms with van der Waals surface area (Å²) < 4.78 is 5.39. The molecular weight excluding hydrogens is 348 g/mol. The van der Waals surface area contributed by atoms with E-state index in [2.05, 4.69) is 29.2 Å². The molecule has 1 saturated heterocycles. The van der Waals surface area contributed by atoms with Gasteiger partial charge in [0.2, 0.25) is 5.91 Å². The van der Waals surface area contributed by atoms with Crippen LogP contribution < -0.4 is 4.90 Å². The lowest BCUT2D eigenvalue weighted by atomic mass is 10.1. The van der Waals surface area contributed by atoms with Crippen LogP contribution >= 0.6 is 11.6 Å². The van der Waals surface area contributed by atoms with Crippen molar-refractivity contribution >= 4 is 23.2 Å². The molecule has 2 aromatic carbocycles. The molecular formula is C21H25ClN2O2. The molecule has 0 aliphatic carbocycles. The Balaban J connectivity index is 1.51. The van der Waals surface area contributed by atoms with E-state index in [-0.39, 0.29) is 5.91 Å². The molecule has 1 amide bonds. The van der Waals surface area contributed by atoms with Gasteiger partial charge in [0.25, 0.3) is 0 Å². The minimum atomic E-state index is 0.127. The number of carbonyl (C=O) groups is 1. The van der Waals surface area contributed by atoms with Gasteiger partial charge in [-0.3, -0.25) is 4.79 Å². The van der Waals surface area contributed by atoms with Crippen molar-refractivity contribution < 1.29 is 9.53 Å². The Morgan fingerprint density at radius 3 is 2.50 bits per heavy atom. The number of rotatable bonds is 6. The molecule has 0 spiro atoms. The van der Waals surface area contributed by atoms with E-state index in [0.717, 1.165) is 42.5 Å². The second-order valence-corrected chi connectivity index (χ2v) is 7.01. The first-order valence-corrected chi connectivity index (χ1v) is 9.40. The zero-order valence-electron chi connectivity index (χ0n) is 15.2. The number of hydrogen-bond donors (Lipinski definition) is 0. The van der Waals surface area contributed by atoms with Gasteiger partial charge in [-0.1, -0.05) is 41.9 Å². The summed E-state index contributed by atoms with van der Waals surface area (Å²) in [5.41, 5.74) is 3.37. The molecule has 0 radical (unpaired) electrons. The Kier molecular flexibility index (Phi) is 6.53. The summed E-state index contributed by atoms with van der Waals surface area (Å²) in [4.78, 5) is 16.5. The maximum atomic E-state index is 12.4. The normalized spacial score (nSPS) is 14.3. The predicted octanol–water partition coefficient (Wildman–Crippen LogP) is 3.77. The summed E-state index contributed by atoms with van der Waals surface area (Å²) in [5.74, 6) is 0.127. The van der Waals surface area contributed by atoms with Crippen LogP contribution in [0.15, 0.2) is 48.5 Å². The van der Waals surface area contributed by atoms with Crippen molar-refractivity contribution in [1.82, 2.24) is 4.90 Å². The van der Waals surface area contributed by atoms with Crippen molar-refractivity contribution in [2.24, 2.45) is 0 Å². The average molecular weight is 373 g/mol. The quantitative estimate of drug-likeness (QED) is 0.773. The van der Waals surface area contributed by atoms with Gasteiger partial charge in [-0.25, -0.2) is 0 Å². The molecule has 5 heteroatoms. The minimum absolute atomic E-state index is 0.127. The highest BCUT2D eigenvalue weighted by Gasteiger charge is 2.13. The van der Waals surface area contributed by atoms with Crippen LogP contribution in [0, 0.1) is 0 Å². The number of carbonyl (C=O) groups excluding carboxylic acids is 1. The number of benzene rings is 2. The third-order valence-corrected chi connectivity index (χ3v) is 5.09. The summed E-state index contributed by atoms with van der Waals surface area (Å²) in [7, 11) is 1.85. The third-order valence-electron chi connectivity index (χ3n) is 4.72. The van der Waals surface area contributed by atoms with Crippen LogP contribution in [0.1, 0.15) is 17.5 Å². The molecule has 1 aliphatic heterocycles. The zero-order chi connectivity index (χ0) is 18.4.